The first-order chi connectivity index (χ1) is 8.74. The second kappa shape index (κ2) is 5.95. The molecule has 1 heterocycles. The second-order valence-corrected chi connectivity index (χ2v) is 3.61. The average molecular weight is 250 g/mol. The summed E-state index contributed by atoms with van der Waals surface area (Å²) in [5.74, 6) is 0.152. The number of hydrogen-bond acceptors (Lipinski definition) is 3. The number of benzene rings is 1. The van der Waals surface area contributed by atoms with Crippen LogP contribution in [0.3, 0.4) is 0 Å². The van der Waals surface area contributed by atoms with Crippen molar-refractivity contribution in [3.8, 4) is 5.75 Å². The molecule has 0 aliphatic carbocycles. The highest BCUT2D eigenvalue weighted by molar-refractivity contribution is 5.46. The van der Waals surface area contributed by atoms with Crippen LogP contribution in [0.15, 0.2) is 48.8 Å². The first-order valence-corrected chi connectivity index (χ1v) is 5.42. The van der Waals surface area contributed by atoms with Gasteiger partial charge in [-0.25, -0.2) is 0 Å². The minimum Gasteiger partial charge on any atom is -0.435 e. The van der Waals surface area contributed by atoms with E-state index in [4.69, 9.17) is 0 Å². The first-order valence-electron chi connectivity index (χ1n) is 5.42. The molecule has 94 valence electrons. The molecule has 0 fully saturated rings. The van der Waals surface area contributed by atoms with Crippen LogP contribution in [-0.4, -0.2) is 11.6 Å². The zero-order valence-corrected chi connectivity index (χ0v) is 9.51. The summed E-state index contributed by atoms with van der Waals surface area (Å²) in [5, 5.41) is 3.17. The Morgan fingerprint density at radius 2 is 1.72 bits per heavy atom. The van der Waals surface area contributed by atoms with Gasteiger partial charge in [0.1, 0.15) is 5.75 Å². The predicted octanol–water partition coefficient (Wildman–Crippen LogP) is 3.30. The maximum atomic E-state index is 11.9. The van der Waals surface area contributed by atoms with Crippen molar-refractivity contribution in [3.63, 3.8) is 0 Å². The first kappa shape index (κ1) is 12.3. The lowest BCUT2D eigenvalue weighted by molar-refractivity contribution is -0.0498. The molecule has 0 saturated heterocycles. The summed E-state index contributed by atoms with van der Waals surface area (Å²) < 4.78 is 28.2. The normalized spacial score (nSPS) is 10.4. The van der Waals surface area contributed by atoms with Crippen LogP contribution < -0.4 is 10.1 Å². The Kier molecular flexibility index (Phi) is 4.06. The molecule has 1 aromatic heterocycles. The van der Waals surface area contributed by atoms with E-state index in [1.165, 1.54) is 12.1 Å². The van der Waals surface area contributed by atoms with E-state index in [0.717, 1.165) is 11.3 Å². The molecule has 3 nitrogen and oxygen atoms in total. The van der Waals surface area contributed by atoms with E-state index < -0.39 is 6.61 Å². The van der Waals surface area contributed by atoms with Crippen molar-refractivity contribution in [1.29, 1.82) is 0 Å². The Hall–Kier alpha value is -2.17. The quantitative estimate of drug-likeness (QED) is 0.884. The minimum atomic E-state index is -2.79. The number of pyridine rings is 1. The molecule has 2 rings (SSSR count). The van der Waals surface area contributed by atoms with Gasteiger partial charge in [0.2, 0.25) is 0 Å². The third-order valence-corrected chi connectivity index (χ3v) is 2.33. The lowest BCUT2D eigenvalue weighted by Crippen LogP contribution is -2.02. The lowest BCUT2D eigenvalue weighted by Gasteiger charge is -2.08. The molecule has 0 bridgehead atoms. The molecule has 18 heavy (non-hydrogen) atoms. The monoisotopic (exact) mass is 250 g/mol. The Bertz CT molecular complexity index is 474. The van der Waals surface area contributed by atoms with Gasteiger partial charge in [-0.05, 0) is 42.0 Å². The fraction of sp³-hybridized carbons (Fsp3) is 0.154. The average Bonchev–Trinajstić information content (AvgIpc) is 2.38. The van der Waals surface area contributed by atoms with Gasteiger partial charge in [0.05, 0.1) is 0 Å². The Morgan fingerprint density at radius 3 is 2.33 bits per heavy atom. The SMILES string of the molecule is FC(F)Oc1ccc(NCc2ccncc2)cc1. The largest absolute Gasteiger partial charge is 0.435 e. The number of ether oxygens (including phenoxy) is 1. The zero-order valence-electron chi connectivity index (χ0n) is 9.51. The van der Waals surface area contributed by atoms with Gasteiger partial charge in [-0.1, -0.05) is 0 Å². The fourth-order valence-corrected chi connectivity index (χ4v) is 1.46. The van der Waals surface area contributed by atoms with Crippen molar-refractivity contribution in [2.75, 3.05) is 5.32 Å². The van der Waals surface area contributed by atoms with Crippen molar-refractivity contribution < 1.29 is 13.5 Å². The van der Waals surface area contributed by atoms with E-state index >= 15 is 0 Å². The van der Waals surface area contributed by atoms with Crippen molar-refractivity contribution in [2.24, 2.45) is 0 Å². The summed E-state index contributed by atoms with van der Waals surface area (Å²) in [5.41, 5.74) is 1.94. The fourth-order valence-electron chi connectivity index (χ4n) is 1.46. The van der Waals surface area contributed by atoms with Crippen LogP contribution >= 0.6 is 0 Å². The van der Waals surface area contributed by atoms with Crippen molar-refractivity contribution in [1.82, 2.24) is 4.98 Å². The van der Waals surface area contributed by atoms with Crippen LogP contribution in [0.2, 0.25) is 0 Å². The maximum Gasteiger partial charge on any atom is 0.387 e. The van der Waals surface area contributed by atoms with Gasteiger partial charge in [0.15, 0.2) is 0 Å². The number of hydrogen-bond donors (Lipinski definition) is 1. The smallest absolute Gasteiger partial charge is 0.387 e. The van der Waals surface area contributed by atoms with Crippen LogP contribution in [0.5, 0.6) is 5.75 Å². The third kappa shape index (κ3) is 3.69. The van der Waals surface area contributed by atoms with Gasteiger partial charge >= 0.3 is 6.61 Å². The molecule has 0 saturated carbocycles. The van der Waals surface area contributed by atoms with E-state index in [1.807, 2.05) is 12.1 Å². The molecule has 0 aliphatic rings. The number of nitrogens with one attached hydrogen (secondary N) is 1. The van der Waals surface area contributed by atoms with Crippen LogP contribution in [0.4, 0.5) is 14.5 Å². The number of aromatic nitrogens is 1. The highest BCUT2D eigenvalue weighted by Crippen LogP contribution is 2.18. The number of anilines is 1. The molecule has 0 aliphatic heterocycles. The molecule has 5 heteroatoms. The summed E-state index contributed by atoms with van der Waals surface area (Å²) in [7, 11) is 0. The van der Waals surface area contributed by atoms with E-state index in [-0.39, 0.29) is 5.75 Å². The van der Waals surface area contributed by atoms with Crippen LogP contribution in [0, 0.1) is 0 Å². The number of halogens is 2. The number of alkyl halides is 2. The number of nitrogens with zero attached hydrogens (tertiary/aromatic N) is 1. The summed E-state index contributed by atoms with van der Waals surface area (Å²) in [6.07, 6.45) is 3.44. The van der Waals surface area contributed by atoms with Gasteiger partial charge in [0.25, 0.3) is 0 Å². The van der Waals surface area contributed by atoms with Gasteiger partial charge in [-0.2, -0.15) is 8.78 Å². The summed E-state index contributed by atoms with van der Waals surface area (Å²) in [6.45, 7) is -2.14. The van der Waals surface area contributed by atoms with Crippen LogP contribution in [0.25, 0.3) is 0 Å². The molecule has 0 unspecified atom stereocenters. The van der Waals surface area contributed by atoms with Gasteiger partial charge in [-0.15, -0.1) is 0 Å². The minimum absolute atomic E-state index is 0.152. The molecule has 1 N–H and O–H groups in total. The lowest BCUT2D eigenvalue weighted by atomic mass is 10.2. The Morgan fingerprint density at radius 1 is 1.06 bits per heavy atom. The molecule has 1 aromatic carbocycles. The van der Waals surface area contributed by atoms with Crippen LogP contribution in [0.1, 0.15) is 5.56 Å². The van der Waals surface area contributed by atoms with Gasteiger partial charge in [0, 0.05) is 24.6 Å². The van der Waals surface area contributed by atoms with E-state index in [0.29, 0.717) is 6.54 Å². The molecular weight excluding hydrogens is 238 g/mol. The highest BCUT2D eigenvalue weighted by atomic mass is 19.3. The van der Waals surface area contributed by atoms with Crippen LogP contribution in [-0.2, 0) is 6.54 Å². The molecule has 0 amide bonds. The molecule has 0 spiro atoms. The van der Waals surface area contributed by atoms with E-state index in [2.05, 4.69) is 15.0 Å². The van der Waals surface area contributed by atoms with Crippen molar-refractivity contribution >= 4 is 5.69 Å². The van der Waals surface area contributed by atoms with Crippen molar-refractivity contribution in [3.05, 3.63) is 54.4 Å². The highest BCUT2D eigenvalue weighted by Gasteiger charge is 2.03. The Balaban J connectivity index is 1.90. The molecular formula is C13H12F2N2O. The topological polar surface area (TPSA) is 34.1 Å². The zero-order chi connectivity index (χ0) is 12.8. The third-order valence-electron chi connectivity index (χ3n) is 2.33. The Labute approximate surface area is 103 Å². The summed E-state index contributed by atoms with van der Waals surface area (Å²) >= 11 is 0. The van der Waals surface area contributed by atoms with E-state index in [9.17, 15) is 8.78 Å². The number of rotatable bonds is 5. The summed E-state index contributed by atoms with van der Waals surface area (Å²) in [6, 6.07) is 10.2. The molecule has 0 radical (unpaired) electrons. The predicted molar refractivity (Wildman–Crippen MR) is 64.6 cm³/mol. The summed E-state index contributed by atoms with van der Waals surface area (Å²) in [4.78, 5) is 3.92. The van der Waals surface area contributed by atoms with Gasteiger partial charge < -0.3 is 10.1 Å². The van der Waals surface area contributed by atoms with Crippen molar-refractivity contribution in [2.45, 2.75) is 13.2 Å². The van der Waals surface area contributed by atoms with Gasteiger partial charge in [-0.3, -0.25) is 4.98 Å². The molecule has 0 atom stereocenters. The maximum absolute atomic E-state index is 11.9. The standard InChI is InChI=1S/C13H12F2N2O/c14-13(15)18-12-3-1-11(2-4-12)17-9-10-5-7-16-8-6-10/h1-8,13,17H,9H2. The van der Waals surface area contributed by atoms with E-state index in [1.54, 1.807) is 24.5 Å². The molecule has 2 aromatic rings. The second-order valence-electron chi connectivity index (χ2n) is 3.61.